The number of methoxy groups -OCH3 is 2. The highest BCUT2D eigenvalue weighted by Gasteiger charge is 2.22. The van der Waals surface area contributed by atoms with Crippen molar-refractivity contribution < 1.29 is 23.7 Å². The van der Waals surface area contributed by atoms with E-state index in [1.165, 1.54) is 7.11 Å². The Hall–Kier alpha value is -2.89. The summed E-state index contributed by atoms with van der Waals surface area (Å²) >= 11 is 0. The molecule has 2 aromatic rings. The Balaban J connectivity index is 1.62. The summed E-state index contributed by atoms with van der Waals surface area (Å²) in [4.78, 5) is 12.4. The largest absolute Gasteiger partial charge is 0.497 e. The quantitative estimate of drug-likeness (QED) is 0.911. The third kappa shape index (κ3) is 3.37. The monoisotopic (exact) mass is 329 g/mol. The third-order valence-corrected chi connectivity index (χ3v) is 3.71. The second kappa shape index (κ2) is 7.12. The van der Waals surface area contributed by atoms with Crippen LogP contribution in [0.4, 0.5) is 0 Å². The zero-order chi connectivity index (χ0) is 16.9. The van der Waals surface area contributed by atoms with E-state index in [4.69, 9.17) is 18.9 Å². The van der Waals surface area contributed by atoms with E-state index >= 15 is 0 Å². The van der Waals surface area contributed by atoms with Gasteiger partial charge in [-0.15, -0.1) is 0 Å². The predicted molar refractivity (Wildman–Crippen MR) is 88.2 cm³/mol. The molecule has 1 atom stereocenters. The van der Waals surface area contributed by atoms with Gasteiger partial charge in [0.2, 0.25) is 0 Å². The van der Waals surface area contributed by atoms with Crippen molar-refractivity contribution in [1.29, 1.82) is 0 Å². The van der Waals surface area contributed by atoms with Crippen LogP contribution in [0.3, 0.4) is 0 Å². The van der Waals surface area contributed by atoms with Gasteiger partial charge >= 0.3 is 0 Å². The Morgan fingerprint density at radius 2 is 1.96 bits per heavy atom. The lowest BCUT2D eigenvalue weighted by molar-refractivity contribution is 0.0787. The molecule has 1 heterocycles. The zero-order valence-corrected chi connectivity index (χ0v) is 13.6. The van der Waals surface area contributed by atoms with Crippen LogP contribution < -0.4 is 24.3 Å². The number of benzene rings is 2. The highest BCUT2D eigenvalue weighted by molar-refractivity contribution is 5.97. The number of para-hydroxylation sites is 2. The molecule has 6 heteroatoms. The summed E-state index contributed by atoms with van der Waals surface area (Å²) in [5.41, 5.74) is 0.440. The van der Waals surface area contributed by atoms with E-state index in [0.717, 1.165) is 5.75 Å². The van der Waals surface area contributed by atoms with Gasteiger partial charge in [-0.3, -0.25) is 4.79 Å². The summed E-state index contributed by atoms with van der Waals surface area (Å²) in [7, 11) is 3.08. The van der Waals surface area contributed by atoms with Crippen molar-refractivity contribution in [2.75, 3.05) is 27.4 Å². The molecule has 24 heavy (non-hydrogen) atoms. The molecule has 6 nitrogen and oxygen atoms in total. The Morgan fingerprint density at radius 3 is 2.71 bits per heavy atom. The van der Waals surface area contributed by atoms with E-state index in [1.54, 1.807) is 25.3 Å². The molecule has 0 fully saturated rings. The minimum Gasteiger partial charge on any atom is -0.497 e. The van der Waals surface area contributed by atoms with Gasteiger partial charge in [0.1, 0.15) is 24.2 Å². The summed E-state index contributed by atoms with van der Waals surface area (Å²) in [5, 5.41) is 2.85. The number of hydrogen-bond donors (Lipinski definition) is 1. The molecular formula is C18H19NO5. The molecular weight excluding hydrogens is 310 g/mol. The van der Waals surface area contributed by atoms with Crippen LogP contribution in [0.15, 0.2) is 42.5 Å². The minimum atomic E-state index is -0.243. The van der Waals surface area contributed by atoms with Crippen LogP contribution in [0, 0.1) is 0 Å². The zero-order valence-electron chi connectivity index (χ0n) is 13.6. The standard InChI is InChI=1S/C18H19NO5/c1-21-12-7-8-14(17(9-12)22-2)18(20)19-10-13-11-23-15-5-3-4-6-16(15)24-13/h3-9,13H,10-11H2,1-2H3,(H,19,20). The van der Waals surface area contributed by atoms with Crippen molar-refractivity contribution in [3.8, 4) is 23.0 Å². The predicted octanol–water partition coefficient (Wildman–Crippen LogP) is 2.27. The Labute approximate surface area is 140 Å². The van der Waals surface area contributed by atoms with E-state index < -0.39 is 0 Å². The summed E-state index contributed by atoms with van der Waals surface area (Å²) in [6, 6.07) is 12.5. The molecule has 0 spiro atoms. The number of hydrogen-bond acceptors (Lipinski definition) is 5. The molecule has 0 saturated heterocycles. The molecule has 3 rings (SSSR count). The number of nitrogens with one attached hydrogen (secondary N) is 1. The molecule has 1 aliphatic heterocycles. The Bertz CT molecular complexity index is 731. The van der Waals surface area contributed by atoms with Gasteiger partial charge in [0.05, 0.1) is 26.3 Å². The van der Waals surface area contributed by atoms with Crippen molar-refractivity contribution in [3.63, 3.8) is 0 Å². The van der Waals surface area contributed by atoms with E-state index in [1.807, 2.05) is 24.3 Å². The molecule has 1 amide bonds. The highest BCUT2D eigenvalue weighted by atomic mass is 16.6. The van der Waals surface area contributed by atoms with Crippen LogP contribution in [0.2, 0.25) is 0 Å². The van der Waals surface area contributed by atoms with Crippen molar-refractivity contribution in [1.82, 2.24) is 5.32 Å². The average Bonchev–Trinajstić information content (AvgIpc) is 2.65. The van der Waals surface area contributed by atoms with Crippen LogP contribution >= 0.6 is 0 Å². The van der Waals surface area contributed by atoms with Gasteiger partial charge in [0.25, 0.3) is 5.91 Å². The molecule has 0 aliphatic carbocycles. The molecule has 2 aromatic carbocycles. The van der Waals surface area contributed by atoms with Crippen molar-refractivity contribution >= 4 is 5.91 Å². The first-order chi connectivity index (χ1) is 11.7. The van der Waals surface area contributed by atoms with Crippen LogP contribution in [0.1, 0.15) is 10.4 Å². The van der Waals surface area contributed by atoms with E-state index in [2.05, 4.69) is 5.32 Å². The van der Waals surface area contributed by atoms with Crippen LogP contribution in [-0.4, -0.2) is 39.4 Å². The highest BCUT2D eigenvalue weighted by Crippen LogP contribution is 2.30. The number of carbonyl (C=O) groups excluding carboxylic acids is 1. The Kier molecular flexibility index (Phi) is 4.74. The lowest BCUT2D eigenvalue weighted by atomic mass is 10.1. The van der Waals surface area contributed by atoms with Crippen LogP contribution in [0.25, 0.3) is 0 Å². The number of amides is 1. The topological polar surface area (TPSA) is 66.0 Å². The second-order valence-corrected chi connectivity index (χ2v) is 5.27. The fourth-order valence-electron chi connectivity index (χ4n) is 2.45. The van der Waals surface area contributed by atoms with Gasteiger partial charge < -0.3 is 24.3 Å². The molecule has 0 radical (unpaired) electrons. The molecule has 1 unspecified atom stereocenters. The van der Waals surface area contributed by atoms with Gasteiger partial charge in [-0.1, -0.05) is 12.1 Å². The summed E-state index contributed by atoms with van der Waals surface area (Å²) in [6.45, 7) is 0.722. The van der Waals surface area contributed by atoms with Gasteiger partial charge in [0, 0.05) is 6.07 Å². The number of carbonyl (C=O) groups is 1. The molecule has 0 bridgehead atoms. The molecule has 1 N–H and O–H groups in total. The van der Waals surface area contributed by atoms with E-state index in [-0.39, 0.29) is 12.0 Å². The maximum Gasteiger partial charge on any atom is 0.255 e. The molecule has 0 aromatic heterocycles. The minimum absolute atomic E-state index is 0.239. The van der Waals surface area contributed by atoms with E-state index in [9.17, 15) is 4.79 Å². The van der Waals surface area contributed by atoms with Crippen molar-refractivity contribution in [2.45, 2.75) is 6.10 Å². The molecule has 1 aliphatic rings. The van der Waals surface area contributed by atoms with Crippen molar-refractivity contribution in [3.05, 3.63) is 48.0 Å². The lowest BCUT2D eigenvalue weighted by Crippen LogP contribution is -2.40. The smallest absolute Gasteiger partial charge is 0.255 e. The van der Waals surface area contributed by atoms with Crippen LogP contribution in [0.5, 0.6) is 23.0 Å². The lowest BCUT2D eigenvalue weighted by Gasteiger charge is -2.26. The molecule has 126 valence electrons. The second-order valence-electron chi connectivity index (χ2n) is 5.27. The van der Waals surface area contributed by atoms with Crippen LogP contribution in [-0.2, 0) is 0 Å². The number of fused-ring (bicyclic) bond motifs is 1. The number of ether oxygens (including phenoxy) is 4. The van der Waals surface area contributed by atoms with Gasteiger partial charge in [-0.05, 0) is 24.3 Å². The summed E-state index contributed by atoms with van der Waals surface area (Å²) in [6.07, 6.45) is -0.243. The van der Waals surface area contributed by atoms with E-state index in [0.29, 0.717) is 36.0 Å². The average molecular weight is 329 g/mol. The summed E-state index contributed by atoms with van der Waals surface area (Å²) < 4.78 is 21.8. The number of rotatable bonds is 5. The fraction of sp³-hybridized carbons (Fsp3) is 0.278. The normalized spacial score (nSPS) is 15.5. The first kappa shape index (κ1) is 16.0. The van der Waals surface area contributed by atoms with Gasteiger partial charge in [-0.25, -0.2) is 0 Å². The Morgan fingerprint density at radius 1 is 1.17 bits per heavy atom. The van der Waals surface area contributed by atoms with Gasteiger partial charge in [0.15, 0.2) is 11.5 Å². The maximum absolute atomic E-state index is 12.4. The summed E-state index contributed by atoms with van der Waals surface area (Å²) in [5.74, 6) is 2.25. The SMILES string of the molecule is COc1ccc(C(=O)NCC2COc3ccccc3O2)c(OC)c1. The first-order valence-electron chi connectivity index (χ1n) is 7.60. The fourth-order valence-corrected chi connectivity index (χ4v) is 2.45. The van der Waals surface area contributed by atoms with Crippen molar-refractivity contribution in [2.24, 2.45) is 0 Å². The van der Waals surface area contributed by atoms with Gasteiger partial charge in [-0.2, -0.15) is 0 Å². The molecule has 0 saturated carbocycles. The first-order valence-corrected chi connectivity index (χ1v) is 7.60. The maximum atomic E-state index is 12.4. The third-order valence-electron chi connectivity index (χ3n) is 3.71.